The monoisotopic (exact) mass is 219 g/mol. The van der Waals surface area contributed by atoms with Crippen molar-refractivity contribution in [3.63, 3.8) is 0 Å². The van der Waals surface area contributed by atoms with Crippen LogP contribution in [0.15, 0.2) is 23.0 Å². The van der Waals surface area contributed by atoms with Crippen molar-refractivity contribution < 1.29 is 9.21 Å². The maximum Gasteiger partial charge on any atom is 0.271 e. The molecule has 1 N–H and O–H groups in total. The molecule has 0 aliphatic carbocycles. The van der Waals surface area contributed by atoms with Crippen molar-refractivity contribution in [2.45, 2.75) is 13.5 Å². The number of hydrogen-bond donors (Lipinski definition) is 1. The number of nitrogens with one attached hydrogen (secondary N) is 1. The largest absolute Gasteiger partial charge is 0.424 e. The fraction of sp³-hybridized carbons (Fsp3) is 0.222. The normalized spacial score (nSPS) is 10.1. The minimum atomic E-state index is -0.330. The zero-order valence-electron chi connectivity index (χ0n) is 8.54. The highest BCUT2D eigenvalue weighted by atomic mass is 16.4. The van der Waals surface area contributed by atoms with E-state index in [1.807, 2.05) is 0 Å². The zero-order valence-corrected chi connectivity index (χ0v) is 8.54. The maximum absolute atomic E-state index is 11.5. The molecule has 16 heavy (non-hydrogen) atoms. The fourth-order valence-corrected chi connectivity index (χ4v) is 1.07. The third kappa shape index (κ3) is 2.38. The molecule has 0 unspecified atom stereocenters. The van der Waals surface area contributed by atoms with Gasteiger partial charge in [-0.05, 0) is 0 Å². The van der Waals surface area contributed by atoms with Gasteiger partial charge in [-0.2, -0.15) is 0 Å². The molecule has 0 saturated heterocycles. The fourth-order valence-electron chi connectivity index (χ4n) is 1.07. The molecule has 2 heterocycles. The number of hydrogen-bond acceptors (Lipinski definition) is 6. The molecule has 0 atom stereocenters. The summed E-state index contributed by atoms with van der Waals surface area (Å²) in [6.45, 7) is 1.86. The Kier molecular flexibility index (Phi) is 2.86. The Morgan fingerprint density at radius 2 is 2.31 bits per heavy atom. The van der Waals surface area contributed by atoms with Crippen LogP contribution in [0.25, 0.3) is 0 Å². The minimum absolute atomic E-state index is 0.177. The molecule has 7 heteroatoms. The number of aryl methyl sites for hydroxylation is 1. The molecular formula is C9H9N5O2. The van der Waals surface area contributed by atoms with Crippen LogP contribution in [0.5, 0.6) is 0 Å². The minimum Gasteiger partial charge on any atom is -0.424 e. The van der Waals surface area contributed by atoms with E-state index in [0.29, 0.717) is 11.8 Å². The molecule has 2 aromatic heterocycles. The average Bonchev–Trinajstić information content (AvgIpc) is 2.73. The van der Waals surface area contributed by atoms with Crippen molar-refractivity contribution in [2.24, 2.45) is 0 Å². The van der Waals surface area contributed by atoms with Crippen LogP contribution < -0.4 is 5.32 Å². The van der Waals surface area contributed by atoms with Gasteiger partial charge in [-0.3, -0.25) is 9.78 Å². The van der Waals surface area contributed by atoms with Crippen molar-refractivity contribution in [3.05, 3.63) is 36.1 Å². The lowest BCUT2D eigenvalue weighted by molar-refractivity contribution is 0.0941. The molecule has 7 nitrogen and oxygen atoms in total. The Balaban J connectivity index is 1.94. The van der Waals surface area contributed by atoms with Crippen molar-refractivity contribution in [1.82, 2.24) is 25.5 Å². The van der Waals surface area contributed by atoms with Gasteiger partial charge in [-0.1, -0.05) is 0 Å². The molecule has 0 spiro atoms. The van der Waals surface area contributed by atoms with E-state index in [2.05, 4.69) is 25.5 Å². The van der Waals surface area contributed by atoms with E-state index in [4.69, 9.17) is 4.42 Å². The number of carbonyl (C=O) groups excluding carboxylic acids is 1. The summed E-state index contributed by atoms with van der Waals surface area (Å²) in [7, 11) is 0. The average molecular weight is 219 g/mol. The van der Waals surface area contributed by atoms with Crippen molar-refractivity contribution in [1.29, 1.82) is 0 Å². The first-order valence-electron chi connectivity index (χ1n) is 4.59. The first-order valence-corrected chi connectivity index (χ1v) is 4.59. The van der Waals surface area contributed by atoms with Crippen LogP contribution in [0.1, 0.15) is 22.3 Å². The second kappa shape index (κ2) is 4.47. The molecule has 0 radical (unpaired) electrons. The van der Waals surface area contributed by atoms with Crippen LogP contribution in [0.3, 0.4) is 0 Å². The third-order valence-electron chi connectivity index (χ3n) is 1.76. The van der Waals surface area contributed by atoms with E-state index >= 15 is 0 Å². The number of rotatable bonds is 3. The topological polar surface area (TPSA) is 93.8 Å². The highest BCUT2D eigenvalue weighted by Crippen LogP contribution is 1.97. The zero-order chi connectivity index (χ0) is 11.4. The summed E-state index contributed by atoms with van der Waals surface area (Å²) in [5.41, 5.74) is 0.249. The highest BCUT2D eigenvalue weighted by molar-refractivity contribution is 5.91. The number of nitrogens with zero attached hydrogens (tertiary/aromatic N) is 4. The highest BCUT2D eigenvalue weighted by Gasteiger charge is 2.08. The van der Waals surface area contributed by atoms with E-state index in [0.717, 1.165) is 0 Å². The lowest BCUT2D eigenvalue weighted by Crippen LogP contribution is -2.24. The second-order valence-corrected chi connectivity index (χ2v) is 2.99. The number of amides is 1. The second-order valence-electron chi connectivity index (χ2n) is 2.99. The van der Waals surface area contributed by atoms with Crippen LogP contribution in [0.4, 0.5) is 0 Å². The van der Waals surface area contributed by atoms with Gasteiger partial charge in [-0.15, -0.1) is 10.2 Å². The Bertz CT molecular complexity index is 482. The molecule has 1 amide bonds. The summed E-state index contributed by atoms with van der Waals surface area (Å²) in [5, 5.41) is 9.98. The van der Waals surface area contributed by atoms with Gasteiger partial charge >= 0.3 is 0 Å². The predicted octanol–water partition coefficient (Wildman–Crippen LogP) is 0.0980. The predicted molar refractivity (Wildman–Crippen MR) is 52.2 cm³/mol. The summed E-state index contributed by atoms with van der Waals surface area (Å²) in [5.74, 6) is 0.488. The molecular weight excluding hydrogens is 210 g/mol. The molecule has 2 rings (SSSR count). The number of carbonyl (C=O) groups is 1. The quantitative estimate of drug-likeness (QED) is 0.786. The summed E-state index contributed by atoms with van der Waals surface area (Å²) in [6.07, 6.45) is 4.33. The van der Waals surface area contributed by atoms with Gasteiger partial charge in [0.05, 0.1) is 12.7 Å². The van der Waals surface area contributed by atoms with E-state index < -0.39 is 0 Å². The molecule has 82 valence electrons. The molecule has 0 saturated carbocycles. The standard InChI is InChI=1S/C9H9N5O2/c1-6-13-14-8(16-6)5-12-9(15)7-4-10-2-3-11-7/h2-4H,5H2,1H3,(H,12,15). The third-order valence-corrected chi connectivity index (χ3v) is 1.76. The van der Waals surface area contributed by atoms with Crippen LogP contribution in [0.2, 0.25) is 0 Å². The van der Waals surface area contributed by atoms with Gasteiger partial charge in [-0.25, -0.2) is 4.98 Å². The van der Waals surface area contributed by atoms with Gasteiger partial charge in [0.25, 0.3) is 5.91 Å². The van der Waals surface area contributed by atoms with E-state index in [-0.39, 0.29) is 18.1 Å². The Morgan fingerprint density at radius 1 is 1.44 bits per heavy atom. The van der Waals surface area contributed by atoms with Gasteiger partial charge in [0.2, 0.25) is 11.8 Å². The summed E-state index contributed by atoms with van der Waals surface area (Å²) >= 11 is 0. The van der Waals surface area contributed by atoms with Gasteiger partial charge in [0, 0.05) is 19.3 Å². The van der Waals surface area contributed by atoms with Gasteiger partial charge < -0.3 is 9.73 Å². The van der Waals surface area contributed by atoms with Gasteiger partial charge in [0.15, 0.2) is 0 Å². The smallest absolute Gasteiger partial charge is 0.271 e. The lowest BCUT2D eigenvalue weighted by atomic mass is 10.4. The van der Waals surface area contributed by atoms with Crippen LogP contribution in [0, 0.1) is 6.92 Å². The van der Waals surface area contributed by atoms with Crippen molar-refractivity contribution >= 4 is 5.91 Å². The van der Waals surface area contributed by atoms with Gasteiger partial charge in [0.1, 0.15) is 5.69 Å². The maximum atomic E-state index is 11.5. The Hall–Kier alpha value is -2.31. The van der Waals surface area contributed by atoms with Crippen LogP contribution in [-0.4, -0.2) is 26.1 Å². The van der Waals surface area contributed by atoms with E-state index in [1.165, 1.54) is 18.6 Å². The molecule has 0 aliphatic heterocycles. The Morgan fingerprint density at radius 3 is 2.94 bits per heavy atom. The first kappa shape index (κ1) is 10.2. The van der Waals surface area contributed by atoms with E-state index in [9.17, 15) is 4.79 Å². The van der Waals surface area contributed by atoms with E-state index in [1.54, 1.807) is 6.92 Å². The summed E-state index contributed by atoms with van der Waals surface area (Å²) in [6, 6.07) is 0. The SMILES string of the molecule is Cc1nnc(CNC(=O)c2cnccn2)o1. The molecule has 0 bridgehead atoms. The van der Waals surface area contributed by atoms with Crippen LogP contribution in [-0.2, 0) is 6.54 Å². The summed E-state index contributed by atoms with van der Waals surface area (Å²) in [4.78, 5) is 19.2. The number of aromatic nitrogens is 4. The Labute approximate surface area is 90.9 Å². The van der Waals surface area contributed by atoms with Crippen molar-refractivity contribution in [2.75, 3.05) is 0 Å². The molecule has 0 fully saturated rings. The summed E-state index contributed by atoms with van der Waals surface area (Å²) < 4.78 is 5.10. The van der Waals surface area contributed by atoms with Crippen molar-refractivity contribution in [3.8, 4) is 0 Å². The molecule has 2 aromatic rings. The van der Waals surface area contributed by atoms with Crippen LogP contribution >= 0.6 is 0 Å². The first-order chi connectivity index (χ1) is 7.75. The molecule has 0 aromatic carbocycles. The molecule has 0 aliphatic rings. The lowest BCUT2D eigenvalue weighted by Gasteiger charge is -1.99.